The molecule has 0 saturated heterocycles. The number of benzene rings is 2. The largest absolute Gasteiger partial charge is 0.481 e. The molecule has 0 radical (unpaired) electrons. The van der Waals surface area contributed by atoms with E-state index in [-0.39, 0.29) is 31.5 Å². The first-order valence-corrected chi connectivity index (χ1v) is 10.1. The molecule has 160 valence electrons. The van der Waals surface area contributed by atoms with Crippen LogP contribution in [0.4, 0.5) is 4.79 Å². The predicted molar refractivity (Wildman–Crippen MR) is 115 cm³/mol. The van der Waals surface area contributed by atoms with E-state index in [1.165, 1.54) is 0 Å². The van der Waals surface area contributed by atoms with Crippen molar-refractivity contribution in [1.82, 2.24) is 10.6 Å². The zero-order chi connectivity index (χ0) is 22.2. The summed E-state index contributed by atoms with van der Waals surface area (Å²) in [5.74, 6) is 3.45. The molecule has 0 spiro atoms. The Balaban J connectivity index is 1.45. The second-order valence-corrected chi connectivity index (χ2v) is 7.29. The van der Waals surface area contributed by atoms with Crippen LogP contribution in [0.5, 0.6) is 0 Å². The minimum Gasteiger partial charge on any atom is -0.481 e. The van der Waals surface area contributed by atoms with Gasteiger partial charge in [-0.1, -0.05) is 54.5 Å². The molecule has 7 nitrogen and oxygen atoms in total. The molecule has 3 N–H and O–H groups in total. The topological polar surface area (TPSA) is 105 Å². The van der Waals surface area contributed by atoms with E-state index >= 15 is 0 Å². The fraction of sp³-hybridized carbons (Fsp3) is 0.292. The molecule has 1 aliphatic rings. The van der Waals surface area contributed by atoms with Crippen LogP contribution in [-0.2, 0) is 14.3 Å². The summed E-state index contributed by atoms with van der Waals surface area (Å²) in [4.78, 5) is 34.3. The number of amides is 2. The molecule has 3 rings (SSSR count). The quantitative estimate of drug-likeness (QED) is 0.598. The van der Waals surface area contributed by atoms with Gasteiger partial charge in [0.2, 0.25) is 0 Å². The highest BCUT2D eigenvalue weighted by molar-refractivity contribution is 5.93. The smallest absolute Gasteiger partial charge is 0.407 e. The summed E-state index contributed by atoms with van der Waals surface area (Å²) < 4.78 is 5.39. The molecule has 0 heterocycles. The lowest BCUT2D eigenvalue weighted by Gasteiger charge is -2.14. The molecule has 1 atom stereocenters. The molecule has 0 saturated carbocycles. The number of carbonyl (C=O) groups excluding carboxylic acids is 2. The molecular formula is C24H24N2O5. The Labute approximate surface area is 180 Å². The third-order valence-electron chi connectivity index (χ3n) is 5.04. The number of ether oxygens (including phenoxy) is 1. The fourth-order valence-electron chi connectivity index (χ4n) is 3.56. The molecule has 0 aromatic heterocycles. The van der Waals surface area contributed by atoms with Gasteiger partial charge in [0.25, 0.3) is 5.91 Å². The second kappa shape index (κ2) is 10.3. The first-order chi connectivity index (χ1) is 15.0. The Hall–Kier alpha value is -3.79. The van der Waals surface area contributed by atoms with Crippen molar-refractivity contribution < 1.29 is 24.2 Å². The lowest BCUT2D eigenvalue weighted by Crippen LogP contribution is -2.32. The van der Waals surface area contributed by atoms with Gasteiger partial charge in [-0.25, -0.2) is 4.79 Å². The van der Waals surface area contributed by atoms with E-state index in [2.05, 4.69) is 34.6 Å². The molecule has 0 aliphatic heterocycles. The number of carboxylic acid groups (broad SMARTS) is 1. The summed E-state index contributed by atoms with van der Waals surface area (Å²) in [6.45, 7) is 1.87. The van der Waals surface area contributed by atoms with Crippen LogP contribution in [0.1, 0.15) is 36.8 Å². The number of carboxylic acids is 1. The van der Waals surface area contributed by atoms with Gasteiger partial charge >= 0.3 is 12.1 Å². The lowest BCUT2D eigenvalue weighted by molar-refractivity contribution is -0.137. The van der Waals surface area contributed by atoms with Gasteiger partial charge in [-0.3, -0.25) is 9.59 Å². The average molecular weight is 420 g/mol. The van der Waals surface area contributed by atoms with E-state index in [0.29, 0.717) is 6.42 Å². The van der Waals surface area contributed by atoms with Gasteiger partial charge < -0.3 is 20.5 Å². The van der Waals surface area contributed by atoms with Gasteiger partial charge in [-0.2, -0.15) is 0 Å². The van der Waals surface area contributed by atoms with Gasteiger partial charge in [-0.05, 0) is 41.5 Å². The normalized spacial score (nSPS) is 12.5. The maximum atomic E-state index is 12.0. The lowest BCUT2D eigenvalue weighted by atomic mass is 9.98. The minimum atomic E-state index is -0.917. The third-order valence-corrected chi connectivity index (χ3v) is 5.04. The van der Waals surface area contributed by atoms with Crippen LogP contribution in [0.3, 0.4) is 0 Å². The van der Waals surface area contributed by atoms with E-state index in [9.17, 15) is 14.4 Å². The molecule has 0 bridgehead atoms. The molecule has 31 heavy (non-hydrogen) atoms. The number of nitrogens with one attached hydrogen (secondary N) is 2. The summed E-state index contributed by atoms with van der Waals surface area (Å²) >= 11 is 0. The summed E-state index contributed by atoms with van der Waals surface area (Å²) in [5, 5.41) is 13.7. The molecule has 7 heteroatoms. The highest BCUT2D eigenvalue weighted by Crippen LogP contribution is 2.44. The van der Waals surface area contributed by atoms with Crippen molar-refractivity contribution in [3.63, 3.8) is 0 Å². The first-order valence-electron chi connectivity index (χ1n) is 10.1. The average Bonchev–Trinajstić information content (AvgIpc) is 3.08. The van der Waals surface area contributed by atoms with Gasteiger partial charge in [-0.15, -0.1) is 0 Å². The Morgan fingerprint density at radius 2 is 1.68 bits per heavy atom. The van der Waals surface area contributed by atoms with Gasteiger partial charge in [0.1, 0.15) is 6.61 Å². The van der Waals surface area contributed by atoms with Crippen LogP contribution in [0.2, 0.25) is 0 Å². The summed E-state index contributed by atoms with van der Waals surface area (Å²) in [7, 11) is 0. The van der Waals surface area contributed by atoms with E-state index in [4.69, 9.17) is 9.84 Å². The van der Waals surface area contributed by atoms with Gasteiger partial charge in [0.05, 0.1) is 6.54 Å². The van der Waals surface area contributed by atoms with E-state index in [1.807, 2.05) is 36.4 Å². The van der Waals surface area contributed by atoms with Crippen molar-refractivity contribution in [3.05, 3.63) is 59.7 Å². The zero-order valence-corrected chi connectivity index (χ0v) is 17.2. The fourth-order valence-corrected chi connectivity index (χ4v) is 3.56. The van der Waals surface area contributed by atoms with E-state index in [0.717, 1.165) is 22.3 Å². The Bertz CT molecular complexity index is 992. The number of aliphatic carboxylic acids is 1. The first kappa shape index (κ1) is 21.9. The zero-order valence-electron chi connectivity index (χ0n) is 17.2. The molecule has 1 unspecified atom stereocenters. The van der Waals surface area contributed by atoms with E-state index < -0.39 is 18.0 Å². The maximum absolute atomic E-state index is 12.0. The monoisotopic (exact) mass is 420 g/mol. The van der Waals surface area contributed by atoms with Crippen molar-refractivity contribution in [1.29, 1.82) is 0 Å². The van der Waals surface area contributed by atoms with Crippen LogP contribution < -0.4 is 10.6 Å². The number of carbonyl (C=O) groups is 3. The van der Waals surface area contributed by atoms with Crippen LogP contribution in [0, 0.1) is 11.8 Å². The summed E-state index contributed by atoms with van der Waals surface area (Å²) in [5.41, 5.74) is 4.57. The number of alkyl carbamates (subject to hydrolysis) is 1. The SMILES string of the molecule is CC(CCC(=O)O)NC(=O)C#CCNC(=O)OCC1c2ccccc2-c2ccccc21. The van der Waals surface area contributed by atoms with Crippen molar-refractivity contribution in [2.45, 2.75) is 31.7 Å². The molecule has 2 amide bonds. The van der Waals surface area contributed by atoms with Crippen molar-refractivity contribution >= 4 is 18.0 Å². The standard InChI is InChI=1S/C24H24N2O5/c1-16(12-13-23(28)29)26-22(27)11-6-14-25-24(30)31-15-21-19-9-4-2-7-17(19)18-8-3-5-10-20(18)21/h2-5,7-10,16,21H,12-15H2,1H3,(H,25,30)(H,26,27)(H,28,29). The van der Waals surface area contributed by atoms with Crippen LogP contribution in [-0.4, -0.2) is 42.3 Å². The van der Waals surface area contributed by atoms with Crippen molar-refractivity contribution in [2.24, 2.45) is 0 Å². The second-order valence-electron chi connectivity index (χ2n) is 7.29. The van der Waals surface area contributed by atoms with E-state index in [1.54, 1.807) is 6.92 Å². The number of hydrogen-bond donors (Lipinski definition) is 3. The van der Waals surface area contributed by atoms with Crippen LogP contribution in [0.25, 0.3) is 11.1 Å². The van der Waals surface area contributed by atoms with Gasteiger partial charge in [0.15, 0.2) is 0 Å². The Kier molecular flexibility index (Phi) is 7.28. The Morgan fingerprint density at radius 1 is 1.06 bits per heavy atom. The summed E-state index contributed by atoms with van der Waals surface area (Å²) in [6, 6.07) is 15.9. The van der Waals surface area contributed by atoms with Crippen LogP contribution in [0.15, 0.2) is 48.5 Å². The molecule has 2 aromatic carbocycles. The highest BCUT2D eigenvalue weighted by atomic mass is 16.5. The number of rotatable bonds is 7. The predicted octanol–water partition coefficient (Wildman–Crippen LogP) is 2.90. The minimum absolute atomic E-state index is 0.0256. The summed E-state index contributed by atoms with van der Waals surface area (Å²) in [6.07, 6.45) is -0.315. The highest BCUT2D eigenvalue weighted by Gasteiger charge is 2.28. The molecule has 2 aromatic rings. The third kappa shape index (κ3) is 5.86. The Morgan fingerprint density at radius 3 is 2.29 bits per heavy atom. The number of hydrogen-bond acceptors (Lipinski definition) is 4. The molecule has 1 aliphatic carbocycles. The van der Waals surface area contributed by atoms with Crippen molar-refractivity contribution in [2.75, 3.05) is 13.2 Å². The number of fused-ring (bicyclic) bond motifs is 3. The maximum Gasteiger partial charge on any atom is 0.407 e. The molecular weight excluding hydrogens is 396 g/mol. The van der Waals surface area contributed by atoms with Crippen LogP contribution >= 0.6 is 0 Å². The van der Waals surface area contributed by atoms with Gasteiger partial charge in [0, 0.05) is 18.4 Å². The van der Waals surface area contributed by atoms with Crippen molar-refractivity contribution in [3.8, 4) is 23.0 Å². The molecule has 0 fully saturated rings.